The maximum absolute atomic E-state index is 12.6. The Labute approximate surface area is 143 Å². The molecule has 0 saturated carbocycles. The molecule has 0 fully saturated rings. The number of thiophene rings is 1. The fourth-order valence-corrected chi connectivity index (χ4v) is 3.16. The fraction of sp³-hybridized carbons (Fsp3) is 0.0526. The summed E-state index contributed by atoms with van der Waals surface area (Å²) in [6.45, 7) is 2.03. The maximum Gasteiger partial charge on any atom is 0.266 e. The number of hydrogen-bond acceptors (Lipinski definition) is 3. The minimum atomic E-state index is -0.493. The SMILES string of the molecule is Cc1ccc(-c2ccsc2C(=O)Nc2ccc(C(N)=O)cc2)cc1. The number of amides is 2. The first kappa shape index (κ1) is 16.0. The summed E-state index contributed by atoms with van der Waals surface area (Å²) in [5.41, 5.74) is 9.33. The molecule has 0 aliphatic rings. The van der Waals surface area contributed by atoms with Gasteiger partial charge in [0, 0.05) is 16.8 Å². The van der Waals surface area contributed by atoms with Crippen LogP contribution in [0.2, 0.25) is 0 Å². The number of rotatable bonds is 4. The molecular formula is C19H16N2O2S. The Kier molecular flexibility index (Phi) is 4.44. The molecule has 0 atom stereocenters. The van der Waals surface area contributed by atoms with Crippen molar-refractivity contribution < 1.29 is 9.59 Å². The zero-order valence-corrected chi connectivity index (χ0v) is 13.9. The zero-order valence-electron chi connectivity index (χ0n) is 13.1. The summed E-state index contributed by atoms with van der Waals surface area (Å²) in [7, 11) is 0. The highest BCUT2D eigenvalue weighted by molar-refractivity contribution is 7.12. The molecule has 5 heteroatoms. The van der Waals surface area contributed by atoms with E-state index < -0.39 is 5.91 Å². The molecule has 3 N–H and O–H groups in total. The van der Waals surface area contributed by atoms with Crippen LogP contribution in [0.5, 0.6) is 0 Å². The smallest absolute Gasteiger partial charge is 0.266 e. The molecule has 0 unspecified atom stereocenters. The molecule has 3 aromatic rings. The van der Waals surface area contributed by atoms with Crippen LogP contribution in [0.15, 0.2) is 60.0 Å². The third-order valence-electron chi connectivity index (χ3n) is 3.66. The Morgan fingerprint density at radius 3 is 2.25 bits per heavy atom. The summed E-state index contributed by atoms with van der Waals surface area (Å²) in [5, 5.41) is 4.75. The lowest BCUT2D eigenvalue weighted by atomic mass is 10.0. The van der Waals surface area contributed by atoms with Gasteiger partial charge in [0.1, 0.15) is 0 Å². The predicted octanol–water partition coefficient (Wildman–Crippen LogP) is 4.07. The molecule has 0 aliphatic carbocycles. The molecule has 120 valence electrons. The lowest BCUT2D eigenvalue weighted by Crippen LogP contribution is -2.13. The van der Waals surface area contributed by atoms with Gasteiger partial charge in [-0.05, 0) is 48.2 Å². The Morgan fingerprint density at radius 2 is 1.62 bits per heavy atom. The van der Waals surface area contributed by atoms with Crippen molar-refractivity contribution in [2.24, 2.45) is 5.73 Å². The topological polar surface area (TPSA) is 72.2 Å². The van der Waals surface area contributed by atoms with E-state index in [-0.39, 0.29) is 5.91 Å². The molecular weight excluding hydrogens is 320 g/mol. The molecule has 2 amide bonds. The number of anilines is 1. The lowest BCUT2D eigenvalue weighted by Gasteiger charge is -2.07. The van der Waals surface area contributed by atoms with Crippen molar-refractivity contribution in [2.45, 2.75) is 6.92 Å². The monoisotopic (exact) mass is 336 g/mol. The standard InChI is InChI=1S/C19H16N2O2S/c1-12-2-4-13(5-3-12)16-10-11-24-17(16)19(23)21-15-8-6-14(7-9-15)18(20)22/h2-11H,1H3,(H2,20,22)(H,21,23). The second-order valence-electron chi connectivity index (χ2n) is 5.43. The van der Waals surface area contributed by atoms with Crippen LogP contribution in [0.1, 0.15) is 25.6 Å². The van der Waals surface area contributed by atoms with Crippen LogP contribution in [-0.2, 0) is 0 Å². The van der Waals surface area contributed by atoms with Gasteiger partial charge in [-0.2, -0.15) is 0 Å². The third-order valence-corrected chi connectivity index (χ3v) is 4.57. The third kappa shape index (κ3) is 3.36. The summed E-state index contributed by atoms with van der Waals surface area (Å²) in [4.78, 5) is 24.3. The molecule has 3 rings (SSSR count). The maximum atomic E-state index is 12.6. The first-order valence-corrected chi connectivity index (χ1v) is 8.28. The summed E-state index contributed by atoms with van der Waals surface area (Å²) < 4.78 is 0. The zero-order chi connectivity index (χ0) is 17.1. The van der Waals surface area contributed by atoms with Crippen molar-refractivity contribution in [2.75, 3.05) is 5.32 Å². The molecule has 0 spiro atoms. The summed E-state index contributed by atoms with van der Waals surface area (Å²) in [6, 6.07) is 16.5. The molecule has 0 radical (unpaired) electrons. The van der Waals surface area contributed by atoms with Gasteiger partial charge in [0.2, 0.25) is 5.91 Å². The van der Waals surface area contributed by atoms with Crippen molar-refractivity contribution in [3.05, 3.63) is 76.0 Å². The van der Waals surface area contributed by atoms with E-state index in [9.17, 15) is 9.59 Å². The van der Waals surface area contributed by atoms with E-state index in [1.165, 1.54) is 16.9 Å². The van der Waals surface area contributed by atoms with Crippen molar-refractivity contribution in [3.63, 3.8) is 0 Å². The summed E-state index contributed by atoms with van der Waals surface area (Å²) in [5.74, 6) is -0.666. The quantitative estimate of drug-likeness (QED) is 0.753. The number of primary amides is 1. The summed E-state index contributed by atoms with van der Waals surface area (Å²) in [6.07, 6.45) is 0. The predicted molar refractivity (Wildman–Crippen MR) is 97.4 cm³/mol. The number of benzene rings is 2. The van der Waals surface area contributed by atoms with E-state index in [1.807, 2.05) is 42.6 Å². The van der Waals surface area contributed by atoms with Gasteiger partial charge in [0.05, 0.1) is 4.88 Å². The second kappa shape index (κ2) is 6.68. The largest absolute Gasteiger partial charge is 0.366 e. The minimum Gasteiger partial charge on any atom is -0.366 e. The van der Waals surface area contributed by atoms with Crippen LogP contribution in [0.25, 0.3) is 11.1 Å². The van der Waals surface area contributed by atoms with E-state index in [0.717, 1.165) is 11.1 Å². The average molecular weight is 336 g/mol. The van der Waals surface area contributed by atoms with Crippen molar-refractivity contribution >= 4 is 28.8 Å². The first-order valence-electron chi connectivity index (χ1n) is 7.40. The van der Waals surface area contributed by atoms with Crippen LogP contribution in [0, 0.1) is 6.92 Å². The Bertz CT molecular complexity index is 880. The Balaban J connectivity index is 1.82. The van der Waals surface area contributed by atoms with Crippen LogP contribution >= 0.6 is 11.3 Å². The van der Waals surface area contributed by atoms with Gasteiger partial charge in [0.25, 0.3) is 5.91 Å². The fourth-order valence-electron chi connectivity index (χ4n) is 2.35. The molecule has 4 nitrogen and oxygen atoms in total. The number of carbonyl (C=O) groups excluding carboxylic acids is 2. The van der Waals surface area contributed by atoms with E-state index in [1.54, 1.807) is 24.3 Å². The second-order valence-corrected chi connectivity index (χ2v) is 6.34. The van der Waals surface area contributed by atoms with Crippen LogP contribution in [0.3, 0.4) is 0 Å². The van der Waals surface area contributed by atoms with E-state index >= 15 is 0 Å². The van der Waals surface area contributed by atoms with Gasteiger partial charge in [-0.1, -0.05) is 29.8 Å². The number of nitrogens with one attached hydrogen (secondary N) is 1. The van der Waals surface area contributed by atoms with E-state index in [0.29, 0.717) is 16.1 Å². The van der Waals surface area contributed by atoms with Gasteiger partial charge >= 0.3 is 0 Å². The molecule has 2 aromatic carbocycles. The molecule has 1 aromatic heterocycles. The average Bonchev–Trinajstić information content (AvgIpc) is 3.06. The Morgan fingerprint density at radius 1 is 0.958 bits per heavy atom. The van der Waals surface area contributed by atoms with Gasteiger partial charge in [-0.25, -0.2) is 0 Å². The van der Waals surface area contributed by atoms with Crippen molar-refractivity contribution in [1.29, 1.82) is 0 Å². The van der Waals surface area contributed by atoms with Crippen molar-refractivity contribution in [3.8, 4) is 11.1 Å². The molecule has 0 aliphatic heterocycles. The molecule has 24 heavy (non-hydrogen) atoms. The minimum absolute atomic E-state index is 0.174. The highest BCUT2D eigenvalue weighted by Crippen LogP contribution is 2.29. The van der Waals surface area contributed by atoms with Crippen LogP contribution in [0.4, 0.5) is 5.69 Å². The summed E-state index contributed by atoms with van der Waals surface area (Å²) >= 11 is 1.40. The lowest BCUT2D eigenvalue weighted by molar-refractivity contribution is 0.0998. The van der Waals surface area contributed by atoms with Gasteiger partial charge in [-0.3, -0.25) is 9.59 Å². The molecule has 1 heterocycles. The number of aryl methyl sites for hydroxylation is 1. The number of nitrogens with two attached hydrogens (primary N) is 1. The van der Waals surface area contributed by atoms with Crippen LogP contribution in [-0.4, -0.2) is 11.8 Å². The molecule has 0 bridgehead atoms. The van der Waals surface area contributed by atoms with Crippen molar-refractivity contribution in [1.82, 2.24) is 0 Å². The van der Waals surface area contributed by atoms with Gasteiger partial charge in [0.15, 0.2) is 0 Å². The normalized spacial score (nSPS) is 10.4. The molecule has 0 saturated heterocycles. The van der Waals surface area contributed by atoms with E-state index in [4.69, 9.17) is 5.73 Å². The number of carbonyl (C=O) groups is 2. The first-order chi connectivity index (χ1) is 11.5. The van der Waals surface area contributed by atoms with Crippen LogP contribution < -0.4 is 11.1 Å². The number of hydrogen-bond donors (Lipinski definition) is 2. The van der Waals surface area contributed by atoms with Gasteiger partial charge in [-0.15, -0.1) is 11.3 Å². The van der Waals surface area contributed by atoms with Gasteiger partial charge < -0.3 is 11.1 Å². The highest BCUT2D eigenvalue weighted by atomic mass is 32.1. The van der Waals surface area contributed by atoms with E-state index in [2.05, 4.69) is 5.32 Å². The highest BCUT2D eigenvalue weighted by Gasteiger charge is 2.15. The Hall–Kier alpha value is -2.92.